The van der Waals surface area contributed by atoms with Crippen LogP contribution in [0, 0.1) is 13.8 Å². The minimum Gasteiger partial charge on any atom is -0.459 e. The van der Waals surface area contributed by atoms with Gasteiger partial charge in [0.2, 0.25) is 0 Å². The van der Waals surface area contributed by atoms with Crippen molar-refractivity contribution in [3.8, 4) is 0 Å². The Morgan fingerprint density at radius 1 is 0.963 bits per heavy atom. The molecule has 3 atom stereocenters. The van der Waals surface area contributed by atoms with Gasteiger partial charge in [-0.25, -0.2) is 9.59 Å². The number of ether oxygens (including phenoxy) is 3. The third-order valence-corrected chi connectivity index (χ3v) is 4.39. The van der Waals surface area contributed by atoms with Gasteiger partial charge in [0, 0.05) is 6.42 Å². The van der Waals surface area contributed by atoms with Gasteiger partial charge >= 0.3 is 11.9 Å². The summed E-state index contributed by atoms with van der Waals surface area (Å²) in [7, 11) is 0. The molecule has 0 saturated carbocycles. The van der Waals surface area contributed by atoms with Crippen LogP contribution < -0.4 is 0 Å². The number of esters is 2. The number of hydrogen-bond donors (Lipinski definition) is 1. The highest BCUT2D eigenvalue weighted by Crippen LogP contribution is 2.24. The summed E-state index contributed by atoms with van der Waals surface area (Å²) in [5.74, 6) is -1.00. The third-order valence-electron chi connectivity index (χ3n) is 4.39. The van der Waals surface area contributed by atoms with Crippen LogP contribution >= 0.6 is 0 Å². The SMILES string of the molecule is Cc1ccc(C(=O)OCC2OC(O)CC2OC(=O)c2ccc(C)cc2)cc1. The maximum absolute atomic E-state index is 12.3. The minimum atomic E-state index is -1.07. The summed E-state index contributed by atoms with van der Waals surface area (Å²) >= 11 is 0. The van der Waals surface area contributed by atoms with E-state index in [1.54, 1.807) is 24.3 Å². The van der Waals surface area contributed by atoms with E-state index in [4.69, 9.17) is 14.2 Å². The predicted octanol–water partition coefficient (Wildman–Crippen LogP) is 2.79. The maximum Gasteiger partial charge on any atom is 0.338 e. The van der Waals surface area contributed by atoms with Crippen molar-refractivity contribution in [1.82, 2.24) is 0 Å². The summed E-state index contributed by atoms with van der Waals surface area (Å²) in [6.07, 6.45) is -2.35. The van der Waals surface area contributed by atoms with Crippen molar-refractivity contribution in [1.29, 1.82) is 0 Å². The second kappa shape index (κ2) is 8.33. The molecule has 3 rings (SSSR count). The van der Waals surface area contributed by atoms with E-state index >= 15 is 0 Å². The molecule has 0 radical (unpaired) electrons. The zero-order valence-corrected chi connectivity index (χ0v) is 15.3. The molecule has 2 aromatic rings. The second-order valence-corrected chi connectivity index (χ2v) is 6.64. The van der Waals surface area contributed by atoms with E-state index in [-0.39, 0.29) is 13.0 Å². The van der Waals surface area contributed by atoms with E-state index in [2.05, 4.69) is 0 Å². The number of carbonyl (C=O) groups is 2. The molecule has 1 N–H and O–H groups in total. The van der Waals surface area contributed by atoms with Gasteiger partial charge in [-0.15, -0.1) is 0 Å². The standard InChI is InChI=1S/C21H22O6/c1-13-3-7-15(8-4-13)20(23)25-12-18-17(11-19(22)26-18)27-21(24)16-9-5-14(2)6-10-16/h3-10,17-19,22H,11-12H2,1-2H3. The van der Waals surface area contributed by atoms with Gasteiger partial charge in [0.25, 0.3) is 0 Å². The molecule has 1 aliphatic heterocycles. The number of benzene rings is 2. The Bertz CT molecular complexity index is 796. The smallest absolute Gasteiger partial charge is 0.338 e. The first kappa shape index (κ1) is 19.1. The normalized spacial score (nSPS) is 21.7. The topological polar surface area (TPSA) is 82.1 Å². The number of aliphatic hydroxyl groups is 1. The summed E-state index contributed by atoms with van der Waals surface area (Å²) in [5.41, 5.74) is 2.91. The van der Waals surface area contributed by atoms with Crippen molar-refractivity contribution < 1.29 is 28.9 Å². The van der Waals surface area contributed by atoms with Gasteiger partial charge in [-0.1, -0.05) is 35.4 Å². The first-order valence-corrected chi connectivity index (χ1v) is 8.77. The number of carbonyl (C=O) groups excluding carboxylic acids is 2. The van der Waals surface area contributed by atoms with Gasteiger partial charge in [0.05, 0.1) is 11.1 Å². The molecule has 0 spiro atoms. The molecular weight excluding hydrogens is 348 g/mol. The van der Waals surface area contributed by atoms with Crippen molar-refractivity contribution in [2.75, 3.05) is 6.61 Å². The van der Waals surface area contributed by atoms with Crippen LogP contribution in [0.4, 0.5) is 0 Å². The second-order valence-electron chi connectivity index (χ2n) is 6.64. The Labute approximate surface area is 157 Å². The van der Waals surface area contributed by atoms with Gasteiger partial charge in [0.15, 0.2) is 6.29 Å². The van der Waals surface area contributed by atoms with Gasteiger partial charge in [-0.2, -0.15) is 0 Å². The molecular formula is C21H22O6. The summed E-state index contributed by atoms with van der Waals surface area (Å²) < 4.78 is 16.1. The zero-order chi connectivity index (χ0) is 19.4. The van der Waals surface area contributed by atoms with Crippen molar-refractivity contribution in [2.45, 2.75) is 38.8 Å². The molecule has 27 heavy (non-hydrogen) atoms. The Hall–Kier alpha value is -2.70. The van der Waals surface area contributed by atoms with Crippen molar-refractivity contribution in [3.63, 3.8) is 0 Å². The quantitative estimate of drug-likeness (QED) is 0.815. The molecule has 1 fully saturated rings. The van der Waals surface area contributed by atoms with Gasteiger partial charge in [0.1, 0.15) is 18.8 Å². The van der Waals surface area contributed by atoms with Crippen LogP contribution in [0.2, 0.25) is 0 Å². The van der Waals surface area contributed by atoms with Crippen LogP contribution in [0.5, 0.6) is 0 Å². The van der Waals surface area contributed by atoms with Crippen LogP contribution in [0.3, 0.4) is 0 Å². The van der Waals surface area contributed by atoms with E-state index < -0.39 is 30.4 Å². The molecule has 6 nitrogen and oxygen atoms in total. The first-order chi connectivity index (χ1) is 12.9. The van der Waals surface area contributed by atoms with Crippen LogP contribution in [0.1, 0.15) is 38.3 Å². The molecule has 142 valence electrons. The number of aliphatic hydroxyl groups excluding tert-OH is 1. The van der Waals surface area contributed by atoms with Gasteiger partial charge in [-0.3, -0.25) is 0 Å². The van der Waals surface area contributed by atoms with Crippen LogP contribution in [-0.2, 0) is 14.2 Å². The number of rotatable bonds is 5. The molecule has 1 saturated heterocycles. The van der Waals surface area contributed by atoms with E-state index in [9.17, 15) is 14.7 Å². The van der Waals surface area contributed by atoms with E-state index in [0.29, 0.717) is 11.1 Å². The molecule has 0 bridgehead atoms. The Balaban J connectivity index is 1.58. The predicted molar refractivity (Wildman–Crippen MR) is 97.3 cm³/mol. The van der Waals surface area contributed by atoms with E-state index in [1.165, 1.54) is 0 Å². The molecule has 0 amide bonds. The lowest BCUT2D eigenvalue weighted by atomic mass is 10.1. The van der Waals surface area contributed by atoms with Crippen LogP contribution in [-0.4, -0.2) is 42.1 Å². The number of aryl methyl sites for hydroxylation is 2. The highest BCUT2D eigenvalue weighted by atomic mass is 16.7. The molecule has 6 heteroatoms. The zero-order valence-electron chi connectivity index (χ0n) is 15.3. The highest BCUT2D eigenvalue weighted by Gasteiger charge is 2.38. The maximum atomic E-state index is 12.3. The lowest BCUT2D eigenvalue weighted by Crippen LogP contribution is -2.32. The monoisotopic (exact) mass is 370 g/mol. The van der Waals surface area contributed by atoms with E-state index in [0.717, 1.165) is 11.1 Å². The molecule has 2 aromatic carbocycles. The summed E-state index contributed by atoms with van der Waals surface area (Å²) in [6, 6.07) is 14.0. The van der Waals surface area contributed by atoms with Crippen molar-refractivity contribution in [2.24, 2.45) is 0 Å². The van der Waals surface area contributed by atoms with E-state index in [1.807, 2.05) is 38.1 Å². The molecule has 1 aliphatic rings. The minimum absolute atomic E-state index is 0.115. The first-order valence-electron chi connectivity index (χ1n) is 8.77. The van der Waals surface area contributed by atoms with Crippen molar-refractivity contribution in [3.05, 3.63) is 70.8 Å². The largest absolute Gasteiger partial charge is 0.459 e. The highest BCUT2D eigenvalue weighted by molar-refractivity contribution is 5.90. The molecule has 0 aliphatic carbocycles. The Morgan fingerprint density at radius 2 is 1.48 bits per heavy atom. The fraction of sp³-hybridized carbons (Fsp3) is 0.333. The lowest BCUT2D eigenvalue weighted by Gasteiger charge is -2.18. The number of hydrogen-bond acceptors (Lipinski definition) is 6. The molecule has 3 unspecified atom stereocenters. The average Bonchev–Trinajstić information content (AvgIpc) is 3.00. The summed E-state index contributed by atoms with van der Waals surface area (Å²) in [4.78, 5) is 24.4. The third kappa shape index (κ3) is 4.93. The van der Waals surface area contributed by atoms with Gasteiger partial charge < -0.3 is 19.3 Å². The van der Waals surface area contributed by atoms with Gasteiger partial charge in [-0.05, 0) is 38.1 Å². The van der Waals surface area contributed by atoms with Crippen LogP contribution in [0.25, 0.3) is 0 Å². The van der Waals surface area contributed by atoms with Crippen molar-refractivity contribution >= 4 is 11.9 Å². The Kier molecular flexibility index (Phi) is 5.88. The average molecular weight is 370 g/mol. The summed E-state index contributed by atoms with van der Waals surface area (Å²) in [5, 5.41) is 9.75. The summed E-state index contributed by atoms with van der Waals surface area (Å²) in [6.45, 7) is 3.74. The van der Waals surface area contributed by atoms with Crippen LogP contribution in [0.15, 0.2) is 48.5 Å². The Morgan fingerprint density at radius 3 is 2.04 bits per heavy atom. The lowest BCUT2D eigenvalue weighted by molar-refractivity contribution is -0.110. The molecule has 1 heterocycles. The fourth-order valence-electron chi connectivity index (χ4n) is 2.79. The fourth-order valence-corrected chi connectivity index (χ4v) is 2.79. The molecule has 0 aromatic heterocycles.